The lowest BCUT2D eigenvalue weighted by Crippen LogP contribution is -2.48. The summed E-state index contributed by atoms with van der Waals surface area (Å²) in [7, 11) is -3.22. The maximum absolute atomic E-state index is 11.9. The molecular weight excluding hydrogens is 310 g/mol. The molecule has 0 saturated carbocycles. The third-order valence-corrected chi connectivity index (χ3v) is 5.69. The first-order valence-electron chi connectivity index (χ1n) is 8.51. The minimum absolute atomic E-state index is 0.183. The van der Waals surface area contributed by atoms with Gasteiger partial charge in [-0.25, -0.2) is 8.42 Å². The molecule has 0 unspecified atom stereocenters. The predicted octanol–water partition coefficient (Wildman–Crippen LogP) is 2.76. The van der Waals surface area contributed by atoms with Crippen LogP contribution in [-0.4, -0.2) is 51.3 Å². The molecule has 5 nitrogen and oxygen atoms in total. The lowest BCUT2D eigenvalue weighted by Gasteiger charge is -2.38. The lowest BCUT2D eigenvalue weighted by molar-refractivity contribution is 0.209. The zero-order valence-corrected chi connectivity index (χ0v) is 15.3. The van der Waals surface area contributed by atoms with Crippen molar-refractivity contribution in [3.8, 4) is 0 Å². The molecule has 1 heterocycles. The molecule has 0 radical (unpaired) electrons. The Morgan fingerprint density at radius 1 is 1.09 bits per heavy atom. The Balaban J connectivity index is 1.92. The minimum atomic E-state index is -3.22. The van der Waals surface area contributed by atoms with Crippen molar-refractivity contribution >= 4 is 21.4 Å². The fourth-order valence-electron chi connectivity index (χ4n) is 2.80. The number of benzene rings is 1. The summed E-state index contributed by atoms with van der Waals surface area (Å²) >= 11 is 0. The Labute approximate surface area is 140 Å². The van der Waals surface area contributed by atoms with E-state index in [2.05, 4.69) is 28.4 Å². The van der Waals surface area contributed by atoms with Gasteiger partial charge in [0, 0.05) is 43.6 Å². The molecule has 0 bridgehead atoms. The van der Waals surface area contributed by atoms with Crippen molar-refractivity contribution in [2.75, 3.05) is 41.6 Å². The molecule has 1 aliphatic heterocycles. The molecule has 1 aromatic rings. The van der Waals surface area contributed by atoms with Gasteiger partial charge in [0.25, 0.3) is 0 Å². The van der Waals surface area contributed by atoms with E-state index in [1.54, 1.807) is 0 Å². The Kier molecular flexibility index (Phi) is 6.30. The van der Waals surface area contributed by atoms with E-state index < -0.39 is 10.0 Å². The van der Waals surface area contributed by atoms with Gasteiger partial charge >= 0.3 is 0 Å². The molecule has 0 spiro atoms. The van der Waals surface area contributed by atoms with E-state index in [9.17, 15) is 8.42 Å². The summed E-state index contributed by atoms with van der Waals surface area (Å²) < 4.78 is 26.5. The Morgan fingerprint density at radius 2 is 1.70 bits per heavy atom. The summed E-state index contributed by atoms with van der Waals surface area (Å²) in [6, 6.07) is 8.31. The second-order valence-corrected chi connectivity index (χ2v) is 8.28. The molecule has 6 heteroatoms. The third kappa shape index (κ3) is 5.39. The number of nitrogens with zero attached hydrogens (tertiary/aromatic N) is 2. The molecule has 130 valence electrons. The molecule has 1 N–H and O–H groups in total. The van der Waals surface area contributed by atoms with Crippen LogP contribution in [0.25, 0.3) is 0 Å². The molecule has 0 atom stereocenters. The van der Waals surface area contributed by atoms with Crippen molar-refractivity contribution < 1.29 is 8.42 Å². The van der Waals surface area contributed by atoms with Crippen molar-refractivity contribution in [2.24, 2.45) is 0 Å². The second kappa shape index (κ2) is 8.02. The first kappa shape index (κ1) is 18.1. The lowest BCUT2D eigenvalue weighted by atomic mass is 10.2. The molecule has 1 fully saturated rings. The zero-order chi connectivity index (χ0) is 16.9. The van der Waals surface area contributed by atoms with Crippen LogP contribution in [0.1, 0.15) is 33.6 Å². The highest BCUT2D eigenvalue weighted by molar-refractivity contribution is 7.92. The van der Waals surface area contributed by atoms with Crippen LogP contribution in [0.4, 0.5) is 11.4 Å². The molecule has 0 aliphatic carbocycles. The average Bonchev–Trinajstić information content (AvgIpc) is 2.53. The highest BCUT2D eigenvalue weighted by atomic mass is 32.2. The van der Waals surface area contributed by atoms with Crippen LogP contribution >= 0.6 is 0 Å². The van der Waals surface area contributed by atoms with Crippen molar-refractivity contribution in [1.29, 1.82) is 0 Å². The van der Waals surface area contributed by atoms with Crippen molar-refractivity contribution in [3.05, 3.63) is 24.3 Å². The van der Waals surface area contributed by atoms with Gasteiger partial charge in [0.15, 0.2) is 0 Å². The molecule has 2 rings (SSSR count). The third-order valence-electron chi connectivity index (χ3n) is 4.32. The molecule has 0 amide bonds. The van der Waals surface area contributed by atoms with E-state index in [0.717, 1.165) is 38.3 Å². The van der Waals surface area contributed by atoms with Crippen LogP contribution < -0.4 is 9.62 Å². The van der Waals surface area contributed by atoms with Crippen molar-refractivity contribution in [1.82, 2.24) is 4.90 Å². The number of hydrogen-bond acceptors (Lipinski definition) is 4. The minimum Gasteiger partial charge on any atom is -0.369 e. The molecule has 23 heavy (non-hydrogen) atoms. The van der Waals surface area contributed by atoms with Crippen LogP contribution in [0, 0.1) is 0 Å². The van der Waals surface area contributed by atoms with Crippen molar-refractivity contribution in [3.63, 3.8) is 0 Å². The van der Waals surface area contributed by atoms with E-state index in [1.807, 2.05) is 31.2 Å². The number of nitrogens with one attached hydrogen (secondary N) is 1. The smallest absolute Gasteiger partial charge is 0.232 e. The number of hydrogen-bond donors (Lipinski definition) is 1. The number of rotatable bonds is 7. The first-order valence-corrected chi connectivity index (χ1v) is 10.2. The van der Waals surface area contributed by atoms with Gasteiger partial charge < -0.3 is 4.90 Å². The van der Waals surface area contributed by atoms with Gasteiger partial charge in [-0.05, 0) is 44.5 Å². The largest absolute Gasteiger partial charge is 0.369 e. The summed E-state index contributed by atoms with van der Waals surface area (Å²) in [4.78, 5) is 4.83. The summed E-state index contributed by atoms with van der Waals surface area (Å²) in [5, 5.41) is 0. The molecule has 1 aliphatic rings. The van der Waals surface area contributed by atoms with E-state index in [-0.39, 0.29) is 5.75 Å². The first-order chi connectivity index (χ1) is 10.9. The zero-order valence-electron chi connectivity index (χ0n) is 14.5. The highest BCUT2D eigenvalue weighted by Crippen LogP contribution is 2.21. The summed E-state index contributed by atoms with van der Waals surface area (Å²) in [6.07, 6.45) is 1.57. The fraction of sp³-hybridized carbons (Fsp3) is 0.647. The van der Waals surface area contributed by atoms with Crippen molar-refractivity contribution in [2.45, 2.75) is 39.7 Å². The van der Waals surface area contributed by atoms with Gasteiger partial charge in [0.2, 0.25) is 10.0 Å². The molecular formula is C17H29N3O2S. The topological polar surface area (TPSA) is 52.7 Å². The quantitative estimate of drug-likeness (QED) is 0.830. The van der Waals surface area contributed by atoms with E-state index in [4.69, 9.17) is 0 Å². The predicted molar refractivity (Wildman–Crippen MR) is 97.7 cm³/mol. The standard InChI is InChI=1S/C17H29N3O2S/c1-4-5-14-23(21,22)18-16-6-8-17(9-7-16)20-12-10-19(11-13-20)15(2)3/h6-9,15,18H,4-5,10-14H2,1-3H3. The van der Waals surface area contributed by atoms with Gasteiger partial charge in [-0.2, -0.15) is 0 Å². The number of piperazine rings is 1. The fourth-order valence-corrected chi connectivity index (χ4v) is 4.07. The SMILES string of the molecule is CCCCS(=O)(=O)Nc1ccc(N2CCN(C(C)C)CC2)cc1. The number of unbranched alkanes of at least 4 members (excludes halogenated alkanes) is 1. The summed E-state index contributed by atoms with van der Waals surface area (Å²) in [6.45, 7) is 10.6. The van der Waals surface area contributed by atoms with Gasteiger partial charge in [-0.3, -0.25) is 9.62 Å². The Hall–Kier alpha value is -1.27. The highest BCUT2D eigenvalue weighted by Gasteiger charge is 2.19. The van der Waals surface area contributed by atoms with E-state index in [1.165, 1.54) is 0 Å². The van der Waals surface area contributed by atoms with Crippen LogP contribution in [0.2, 0.25) is 0 Å². The van der Waals surface area contributed by atoms with Crippen LogP contribution in [0.3, 0.4) is 0 Å². The molecule has 1 saturated heterocycles. The Morgan fingerprint density at radius 3 is 2.22 bits per heavy atom. The summed E-state index contributed by atoms with van der Waals surface area (Å²) in [5.41, 5.74) is 1.80. The van der Waals surface area contributed by atoms with Crippen LogP contribution in [0.5, 0.6) is 0 Å². The van der Waals surface area contributed by atoms with Gasteiger partial charge in [-0.1, -0.05) is 13.3 Å². The second-order valence-electron chi connectivity index (χ2n) is 6.44. The van der Waals surface area contributed by atoms with Crippen LogP contribution in [0.15, 0.2) is 24.3 Å². The van der Waals surface area contributed by atoms with Gasteiger partial charge in [0.1, 0.15) is 0 Å². The normalized spacial score (nSPS) is 16.8. The van der Waals surface area contributed by atoms with E-state index >= 15 is 0 Å². The maximum atomic E-state index is 11.9. The summed E-state index contributed by atoms with van der Waals surface area (Å²) in [5.74, 6) is 0.183. The van der Waals surface area contributed by atoms with E-state index in [0.29, 0.717) is 18.2 Å². The van der Waals surface area contributed by atoms with Gasteiger partial charge in [0.05, 0.1) is 5.75 Å². The van der Waals surface area contributed by atoms with Crippen LogP contribution in [-0.2, 0) is 10.0 Å². The Bertz CT molecular complexity index is 576. The number of anilines is 2. The number of sulfonamides is 1. The monoisotopic (exact) mass is 339 g/mol. The average molecular weight is 340 g/mol. The molecule has 0 aromatic heterocycles. The van der Waals surface area contributed by atoms with Gasteiger partial charge in [-0.15, -0.1) is 0 Å². The molecule has 1 aromatic carbocycles. The maximum Gasteiger partial charge on any atom is 0.232 e.